The third-order valence-corrected chi connectivity index (χ3v) is 3.68. The zero-order chi connectivity index (χ0) is 18.6. The molecule has 0 aliphatic carbocycles. The second kappa shape index (κ2) is 7.89. The first kappa shape index (κ1) is 18.6. The molecular weight excluding hydrogens is 398 g/mol. The Morgan fingerprint density at radius 1 is 1.20 bits per heavy atom. The Kier molecular flexibility index (Phi) is 5.87. The van der Waals surface area contributed by atoms with Crippen LogP contribution in [0.15, 0.2) is 40.9 Å². The molecule has 2 amide bonds. The van der Waals surface area contributed by atoms with Crippen molar-refractivity contribution in [3.8, 4) is 5.75 Å². The highest BCUT2D eigenvalue weighted by Gasteiger charge is 2.15. The summed E-state index contributed by atoms with van der Waals surface area (Å²) in [4.78, 5) is 23.1. The van der Waals surface area contributed by atoms with Gasteiger partial charge >= 0.3 is 0 Å². The number of carbonyl (C=O) groups is 2. The van der Waals surface area contributed by atoms with Crippen molar-refractivity contribution in [2.24, 2.45) is 5.73 Å². The average molecular weight is 411 g/mol. The number of carbonyl (C=O) groups excluding carboxylic acids is 2. The van der Waals surface area contributed by atoms with Crippen LogP contribution in [-0.4, -0.2) is 18.9 Å². The van der Waals surface area contributed by atoms with Crippen LogP contribution in [0, 0.1) is 11.6 Å². The molecule has 0 radical (unpaired) electrons. The molecule has 0 spiro atoms. The number of anilines is 1. The maximum atomic E-state index is 13.7. The highest BCUT2D eigenvalue weighted by molar-refractivity contribution is 9.10. The summed E-state index contributed by atoms with van der Waals surface area (Å²) in [7, 11) is 1.49. The van der Waals surface area contributed by atoms with E-state index in [1.807, 2.05) is 0 Å². The predicted molar refractivity (Wildman–Crippen MR) is 93.2 cm³/mol. The van der Waals surface area contributed by atoms with Crippen molar-refractivity contribution in [1.29, 1.82) is 0 Å². The first-order valence-electron chi connectivity index (χ1n) is 6.93. The lowest BCUT2D eigenvalue weighted by Crippen LogP contribution is -2.16. The lowest BCUT2D eigenvalue weighted by atomic mass is 10.1. The summed E-state index contributed by atoms with van der Waals surface area (Å²) >= 11 is 3.31. The number of nitrogens with two attached hydrogens (primary N) is 1. The molecule has 2 aromatic rings. The van der Waals surface area contributed by atoms with Crippen molar-refractivity contribution in [1.82, 2.24) is 0 Å². The number of nitrogens with one attached hydrogen (secondary N) is 1. The minimum atomic E-state index is -1.10. The lowest BCUT2D eigenvalue weighted by Gasteiger charge is -2.07. The third-order valence-electron chi connectivity index (χ3n) is 3.19. The summed E-state index contributed by atoms with van der Waals surface area (Å²) in [6, 6.07) is 6.54. The van der Waals surface area contributed by atoms with Gasteiger partial charge in [0.1, 0.15) is 17.4 Å². The fraction of sp³-hybridized carbons (Fsp3) is 0.0588. The highest BCUT2D eigenvalue weighted by Crippen LogP contribution is 2.24. The average Bonchev–Trinajstić information content (AvgIpc) is 2.55. The Labute approximate surface area is 150 Å². The van der Waals surface area contributed by atoms with E-state index in [4.69, 9.17) is 10.5 Å². The Morgan fingerprint density at radius 3 is 2.56 bits per heavy atom. The molecular formula is C17H13BrF2N2O3. The van der Waals surface area contributed by atoms with Crippen LogP contribution in [0.5, 0.6) is 5.75 Å². The molecule has 0 saturated heterocycles. The molecule has 130 valence electrons. The van der Waals surface area contributed by atoms with Crippen molar-refractivity contribution in [3.63, 3.8) is 0 Å². The van der Waals surface area contributed by atoms with E-state index in [0.717, 1.165) is 16.6 Å². The summed E-state index contributed by atoms with van der Waals surface area (Å²) in [5, 5.41) is 2.23. The molecule has 2 rings (SSSR count). The van der Waals surface area contributed by atoms with Gasteiger partial charge in [-0.25, -0.2) is 8.78 Å². The molecule has 2 aromatic carbocycles. The number of amides is 2. The summed E-state index contributed by atoms with van der Waals surface area (Å²) in [6.45, 7) is 0. The molecule has 3 N–H and O–H groups in total. The Balaban J connectivity index is 2.22. The minimum Gasteiger partial charge on any atom is -0.496 e. The SMILES string of the molecule is COc1ccc(Br)cc1/C=C/C(=O)Nc1cc(C(N)=O)c(F)cc1F. The van der Waals surface area contributed by atoms with Gasteiger partial charge in [-0.05, 0) is 30.3 Å². The smallest absolute Gasteiger partial charge is 0.251 e. The van der Waals surface area contributed by atoms with Crippen LogP contribution in [0.3, 0.4) is 0 Å². The molecule has 0 bridgehead atoms. The van der Waals surface area contributed by atoms with Gasteiger partial charge in [0.05, 0.1) is 18.4 Å². The fourth-order valence-electron chi connectivity index (χ4n) is 2.01. The van der Waals surface area contributed by atoms with Crippen LogP contribution in [-0.2, 0) is 4.79 Å². The molecule has 0 saturated carbocycles. The maximum Gasteiger partial charge on any atom is 0.251 e. The molecule has 0 aromatic heterocycles. The lowest BCUT2D eigenvalue weighted by molar-refractivity contribution is -0.111. The first-order valence-corrected chi connectivity index (χ1v) is 7.72. The van der Waals surface area contributed by atoms with Gasteiger partial charge in [0.2, 0.25) is 5.91 Å². The van der Waals surface area contributed by atoms with Gasteiger partial charge in [0, 0.05) is 22.2 Å². The van der Waals surface area contributed by atoms with Gasteiger partial charge in [0.15, 0.2) is 0 Å². The Morgan fingerprint density at radius 2 is 1.92 bits per heavy atom. The quantitative estimate of drug-likeness (QED) is 0.740. The molecule has 0 atom stereocenters. The van der Waals surface area contributed by atoms with Crippen molar-refractivity contribution in [2.75, 3.05) is 12.4 Å². The Hall–Kier alpha value is -2.74. The van der Waals surface area contributed by atoms with Gasteiger partial charge in [0.25, 0.3) is 5.91 Å². The Bertz CT molecular complexity index is 869. The molecule has 5 nitrogen and oxygen atoms in total. The van der Waals surface area contributed by atoms with E-state index in [0.29, 0.717) is 17.4 Å². The van der Waals surface area contributed by atoms with Gasteiger partial charge in [-0.15, -0.1) is 0 Å². The van der Waals surface area contributed by atoms with E-state index in [-0.39, 0.29) is 5.69 Å². The molecule has 0 unspecified atom stereocenters. The van der Waals surface area contributed by atoms with E-state index in [9.17, 15) is 18.4 Å². The number of rotatable bonds is 5. The number of hydrogen-bond donors (Lipinski definition) is 2. The maximum absolute atomic E-state index is 13.7. The van der Waals surface area contributed by atoms with Crippen LogP contribution in [0.1, 0.15) is 15.9 Å². The van der Waals surface area contributed by atoms with Crippen molar-refractivity contribution < 1.29 is 23.1 Å². The second-order valence-corrected chi connectivity index (χ2v) is 5.80. The third kappa shape index (κ3) is 4.63. The van der Waals surface area contributed by atoms with Gasteiger partial charge in [-0.2, -0.15) is 0 Å². The van der Waals surface area contributed by atoms with Crippen LogP contribution >= 0.6 is 15.9 Å². The number of halogens is 3. The van der Waals surface area contributed by atoms with Crippen LogP contribution in [0.2, 0.25) is 0 Å². The van der Waals surface area contributed by atoms with Crippen LogP contribution in [0.4, 0.5) is 14.5 Å². The van der Waals surface area contributed by atoms with E-state index < -0.39 is 29.0 Å². The second-order valence-electron chi connectivity index (χ2n) is 4.89. The van der Waals surface area contributed by atoms with E-state index in [1.54, 1.807) is 18.2 Å². The molecule has 0 aliphatic heterocycles. The largest absolute Gasteiger partial charge is 0.496 e. The number of ether oxygens (including phenoxy) is 1. The van der Waals surface area contributed by atoms with Crippen molar-refractivity contribution in [2.45, 2.75) is 0 Å². The number of benzene rings is 2. The van der Waals surface area contributed by atoms with E-state index in [1.165, 1.54) is 13.2 Å². The molecule has 0 aliphatic rings. The van der Waals surface area contributed by atoms with E-state index in [2.05, 4.69) is 21.2 Å². The molecule has 0 fully saturated rings. The monoisotopic (exact) mass is 410 g/mol. The fourth-order valence-corrected chi connectivity index (χ4v) is 2.39. The van der Waals surface area contributed by atoms with Crippen molar-refractivity contribution >= 4 is 39.5 Å². The number of hydrogen-bond acceptors (Lipinski definition) is 3. The minimum absolute atomic E-state index is 0.356. The van der Waals surface area contributed by atoms with E-state index >= 15 is 0 Å². The van der Waals surface area contributed by atoms with Gasteiger partial charge in [-0.3, -0.25) is 9.59 Å². The van der Waals surface area contributed by atoms with Crippen LogP contribution < -0.4 is 15.8 Å². The highest BCUT2D eigenvalue weighted by atomic mass is 79.9. The van der Waals surface area contributed by atoms with Gasteiger partial charge < -0.3 is 15.8 Å². The number of methoxy groups -OCH3 is 1. The summed E-state index contributed by atoms with van der Waals surface area (Å²) in [5.74, 6) is -3.33. The molecule has 25 heavy (non-hydrogen) atoms. The zero-order valence-electron chi connectivity index (χ0n) is 13.0. The summed E-state index contributed by atoms with van der Waals surface area (Å²) < 4.78 is 33.1. The summed E-state index contributed by atoms with van der Waals surface area (Å²) in [5.41, 5.74) is 4.74. The predicted octanol–water partition coefficient (Wildman–Crippen LogP) is 3.49. The zero-order valence-corrected chi connectivity index (χ0v) is 14.6. The van der Waals surface area contributed by atoms with Crippen LogP contribution in [0.25, 0.3) is 6.08 Å². The summed E-state index contributed by atoms with van der Waals surface area (Å²) in [6.07, 6.45) is 2.62. The topological polar surface area (TPSA) is 81.4 Å². The van der Waals surface area contributed by atoms with Gasteiger partial charge in [-0.1, -0.05) is 15.9 Å². The molecule has 8 heteroatoms. The standard InChI is InChI=1S/C17H13BrF2N2O3/c1-25-15-4-3-10(18)6-9(15)2-5-16(23)22-14-7-11(17(21)24)12(19)8-13(14)20/h2-8H,1H3,(H2,21,24)(H,22,23)/b5-2+. The number of primary amides is 1. The molecule has 0 heterocycles. The van der Waals surface area contributed by atoms with Crippen molar-refractivity contribution in [3.05, 3.63) is 63.6 Å². The normalized spacial score (nSPS) is 10.7. The first-order chi connectivity index (χ1) is 11.8.